The van der Waals surface area contributed by atoms with Gasteiger partial charge in [-0.3, -0.25) is 4.98 Å². The Labute approximate surface area is 321 Å². The maximum Gasteiger partial charge on any atom is 0.315 e. The third-order valence-electron chi connectivity index (χ3n) is 9.74. The van der Waals surface area contributed by atoms with E-state index in [2.05, 4.69) is 15.6 Å². The number of halogens is 1. The summed E-state index contributed by atoms with van der Waals surface area (Å²) in [5.74, 6) is 0.721. The number of urea groups is 1. The molecule has 0 spiro atoms. The lowest BCUT2D eigenvalue weighted by molar-refractivity contribution is -0.0902. The van der Waals surface area contributed by atoms with Gasteiger partial charge in [-0.1, -0.05) is 29.8 Å². The number of nitrogens with one attached hydrogen (secondary N) is 2. The van der Waals surface area contributed by atoms with Crippen LogP contribution in [0.25, 0.3) is 11.1 Å². The van der Waals surface area contributed by atoms with Gasteiger partial charge in [0.15, 0.2) is 9.84 Å². The second kappa shape index (κ2) is 19.0. The second-order valence-corrected chi connectivity index (χ2v) is 16.5. The molecule has 2 amide bonds. The predicted molar refractivity (Wildman–Crippen MR) is 202 cm³/mol. The molecule has 16 heteroatoms. The van der Waals surface area contributed by atoms with Gasteiger partial charge >= 0.3 is 6.03 Å². The second-order valence-electron chi connectivity index (χ2n) is 14.0. The molecule has 4 atom stereocenters. The molecule has 296 valence electrons. The molecule has 0 saturated heterocycles. The van der Waals surface area contributed by atoms with Crippen molar-refractivity contribution in [2.45, 2.75) is 86.1 Å². The van der Waals surface area contributed by atoms with Crippen molar-refractivity contribution in [3.05, 3.63) is 77.1 Å². The van der Waals surface area contributed by atoms with Gasteiger partial charge in [-0.05, 0) is 93.6 Å². The Morgan fingerprint density at radius 2 is 1.78 bits per heavy atom. The number of ether oxygens (including phenoxy) is 2. The first-order chi connectivity index (χ1) is 25.9. The predicted octanol–water partition coefficient (Wildman–Crippen LogP) is 2.37. The lowest BCUT2D eigenvalue weighted by Crippen LogP contribution is -2.56. The highest BCUT2D eigenvalue weighted by atomic mass is 35.5. The van der Waals surface area contributed by atoms with Gasteiger partial charge in [0.1, 0.15) is 24.1 Å². The summed E-state index contributed by atoms with van der Waals surface area (Å²) in [4.78, 5) is 18.7. The fraction of sp³-hybridized carbons (Fsp3) is 0.526. The Morgan fingerprint density at radius 3 is 2.48 bits per heavy atom. The first kappa shape index (κ1) is 41.8. The normalized spacial score (nSPS) is 17.4. The van der Waals surface area contributed by atoms with E-state index in [9.17, 15) is 33.6 Å². The number of aliphatic hydroxyl groups is 5. The Bertz CT molecular complexity index is 1810. The summed E-state index contributed by atoms with van der Waals surface area (Å²) >= 11 is 6.56. The molecule has 2 aromatic carbocycles. The molecule has 0 bridgehead atoms. The van der Waals surface area contributed by atoms with Crippen molar-refractivity contribution in [2.24, 2.45) is 0 Å². The highest BCUT2D eigenvalue weighted by Gasteiger charge is 2.48. The maximum absolute atomic E-state index is 13.4. The molecule has 2 aliphatic rings. The van der Waals surface area contributed by atoms with E-state index in [-0.39, 0.29) is 36.4 Å². The number of aliphatic hydroxyl groups excluding tert-OH is 5. The fourth-order valence-electron chi connectivity index (χ4n) is 6.07. The van der Waals surface area contributed by atoms with Gasteiger partial charge in [-0.2, -0.15) is 0 Å². The maximum atomic E-state index is 13.4. The van der Waals surface area contributed by atoms with Crippen LogP contribution >= 0.6 is 11.6 Å². The van der Waals surface area contributed by atoms with E-state index in [4.69, 9.17) is 26.2 Å². The minimum absolute atomic E-state index is 0.112. The van der Waals surface area contributed by atoms with E-state index in [1.54, 1.807) is 18.3 Å². The Morgan fingerprint density at radius 1 is 1.02 bits per heavy atom. The number of amides is 2. The van der Waals surface area contributed by atoms with Crippen molar-refractivity contribution >= 4 is 27.5 Å². The number of hydrogen-bond donors (Lipinski definition) is 7. The van der Waals surface area contributed by atoms with E-state index in [1.807, 2.05) is 48.5 Å². The van der Waals surface area contributed by atoms with Gasteiger partial charge in [0.05, 0.1) is 48.2 Å². The number of unbranched alkanes of at least 4 members (excludes halogenated alkanes) is 1. The third-order valence-corrected chi connectivity index (χ3v) is 11.8. The number of sulfone groups is 1. The standard InChI is InChI=1S/C38H51ClN4O10S/c1-43(17-5-4-15-41-37(49)42-32(22-44)35(47)36(48)33(46)23-45)18-19-54(50,51)27-10-11-31(39)25(20-27)24-52-38(13-14-38)30-21-40-16-12-28(30)29-6-2-3-7-34(29)53-26-8-9-26/h2-3,6-7,10-12,16,20-21,26,32-33,35-36,44-48H,4-5,8-9,13-15,17-19,22-24H2,1H3,(H2,41,42,49)/t32-,33-,35-,36-/m1/s1. The van der Waals surface area contributed by atoms with Crippen molar-refractivity contribution in [1.29, 1.82) is 0 Å². The van der Waals surface area contributed by atoms with Crippen molar-refractivity contribution in [1.82, 2.24) is 20.5 Å². The van der Waals surface area contributed by atoms with Crippen molar-refractivity contribution in [2.75, 3.05) is 45.6 Å². The molecular formula is C38H51ClN4O10S. The molecule has 14 nitrogen and oxygen atoms in total. The summed E-state index contributed by atoms with van der Waals surface area (Å²) in [6.07, 6.45) is 3.64. The summed E-state index contributed by atoms with van der Waals surface area (Å²) in [6, 6.07) is 12.7. The Balaban J connectivity index is 1.09. The van der Waals surface area contributed by atoms with E-state index < -0.39 is 59.0 Å². The lowest BCUT2D eigenvalue weighted by Gasteiger charge is -2.28. The number of para-hydroxylation sites is 1. The molecule has 1 aromatic heterocycles. The fourth-order valence-corrected chi connectivity index (χ4v) is 7.63. The van der Waals surface area contributed by atoms with Gasteiger partial charge < -0.3 is 50.5 Å². The molecule has 0 aliphatic heterocycles. The monoisotopic (exact) mass is 790 g/mol. The minimum Gasteiger partial charge on any atom is -0.490 e. The highest BCUT2D eigenvalue weighted by Crippen LogP contribution is 2.53. The summed E-state index contributed by atoms with van der Waals surface area (Å²) < 4.78 is 39.5. The number of benzene rings is 2. The largest absolute Gasteiger partial charge is 0.490 e. The van der Waals surface area contributed by atoms with Crippen LogP contribution in [0.4, 0.5) is 4.79 Å². The van der Waals surface area contributed by atoms with Gasteiger partial charge in [-0.15, -0.1) is 0 Å². The van der Waals surface area contributed by atoms with Crippen LogP contribution in [0.1, 0.15) is 49.7 Å². The van der Waals surface area contributed by atoms with Crippen LogP contribution in [0.2, 0.25) is 5.02 Å². The van der Waals surface area contributed by atoms with Gasteiger partial charge in [-0.25, -0.2) is 13.2 Å². The number of carbonyl (C=O) groups excluding carboxylic acids is 1. The van der Waals surface area contributed by atoms with Gasteiger partial charge in [0, 0.05) is 41.6 Å². The average molecular weight is 791 g/mol. The molecule has 3 aromatic rings. The smallest absolute Gasteiger partial charge is 0.315 e. The van der Waals surface area contributed by atoms with Crippen molar-refractivity contribution in [3.8, 4) is 16.9 Å². The summed E-state index contributed by atoms with van der Waals surface area (Å²) in [6.45, 7) is -0.278. The van der Waals surface area contributed by atoms with Crippen LogP contribution in [0.15, 0.2) is 65.8 Å². The Hall–Kier alpha value is -3.38. The molecule has 2 saturated carbocycles. The number of aromatic nitrogens is 1. The molecule has 0 unspecified atom stereocenters. The van der Waals surface area contributed by atoms with Crippen LogP contribution in [0.3, 0.4) is 0 Å². The molecule has 2 fully saturated rings. The SMILES string of the molecule is CN(CCCCNC(=O)N[C@H](CO)[C@@H](O)[C@H](O)[C@H](O)CO)CCS(=O)(=O)c1ccc(Cl)c(COC2(c3cnccc3-c3ccccc3OC3CC3)CC2)c1. The van der Waals surface area contributed by atoms with Crippen LogP contribution in [-0.2, 0) is 26.8 Å². The number of pyridine rings is 1. The van der Waals surface area contributed by atoms with E-state index in [1.165, 1.54) is 6.07 Å². The zero-order valence-electron chi connectivity index (χ0n) is 30.3. The molecule has 0 radical (unpaired) electrons. The summed E-state index contributed by atoms with van der Waals surface area (Å²) in [5.41, 5.74) is 2.94. The van der Waals surface area contributed by atoms with E-state index in [0.29, 0.717) is 30.0 Å². The van der Waals surface area contributed by atoms with Crippen molar-refractivity contribution in [3.63, 3.8) is 0 Å². The first-order valence-electron chi connectivity index (χ1n) is 18.2. The minimum atomic E-state index is -3.65. The number of nitrogens with zero attached hydrogens (tertiary/aromatic N) is 2. The third kappa shape index (κ3) is 11.1. The Kier molecular flexibility index (Phi) is 14.7. The van der Waals surface area contributed by atoms with Crippen LogP contribution < -0.4 is 15.4 Å². The quantitative estimate of drug-likeness (QED) is 0.0732. The average Bonchev–Trinajstić information content (AvgIpc) is 4.12. The molecule has 2 aliphatic carbocycles. The van der Waals surface area contributed by atoms with Crippen molar-refractivity contribution < 1.29 is 48.2 Å². The number of hydrogen-bond acceptors (Lipinski definition) is 12. The van der Waals surface area contributed by atoms with E-state index in [0.717, 1.165) is 48.1 Å². The summed E-state index contributed by atoms with van der Waals surface area (Å²) in [7, 11) is -1.84. The zero-order chi connectivity index (χ0) is 38.9. The molecular weight excluding hydrogens is 740 g/mol. The van der Waals surface area contributed by atoms with Gasteiger partial charge in [0.25, 0.3) is 0 Å². The van der Waals surface area contributed by atoms with Gasteiger partial charge in [0.2, 0.25) is 0 Å². The molecule has 54 heavy (non-hydrogen) atoms. The van der Waals surface area contributed by atoms with Crippen LogP contribution in [0.5, 0.6) is 5.75 Å². The number of carbonyl (C=O) groups is 1. The first-order valence-corrected chi connectivity index (χ1v) is 20.2. The number of rotatable bonds is 22. The summed E-state index contributed by atoms with van der Waals surface area (Å²) in [5, 5.41) is 53.1. The zero-order valence-corrected chi connectivity index (χ0v) is 31.9. The van der Waals surface area contributed by atoms with Crippen LogP contribution in [0, 0.1) is 0 Å². The van der Waals surface area contributed by atoms with E-state index >= 15 is 0 Å². The highest BCUT2D eigenvalue weighted by molar-refractivity contribution is 7.91. The molecule has 1 heterocycles. The molecule has 7 N–H and O–H groups in total. The molecule has 5 rings (SSSR count). The van der Waals surface area contributed by atoms with Crippen LogP contribution in [-0.4, -0.2) is 126 Å². The lowest BCUT2D eigenvalue weighted by atomic mass is 9.96. The topological polar surface area (TPSA) is 211 Å².